The topological polar surface area (TPSA) is 125 Å². The predicted octanol–water partition coefficient (Wildman–Crippen LogP) is 9.74. The number of hydrogen-bond donors (Lipinski definition) is 3. The number of carbonyl (C=O) groups is 3. The van der Waals surface area contributed by atoms with Crippen LogP contribution in [-0.2, 0) is 24.0 Å². The first-order chi connectivity index (χ1) is 24.8. The molecule has 302 valence electrons. The summed E-state index contributed by atoms with van der Waals surface area (Å²) in [6, 6.07) is 9.50. The fraction of sp³-hybridized carbons (Fsp3) is 0.600. The molecule has 0 aromatic heterocycles. The molecule has 3 amide bonds. The van der Waals surface area contributed by atoms with Gasteiger partial charge in [0.05, 0.1) is 5.34 Å². The molecule has 0 bridgehead atoms. The molecule has 13 heteroatoms. The second kappa shape index (κ2) is 31.0. The highest BCUT2D eigenvalue weighted by molar-refractivity contribution is 6.40. The van der Waals surface area contributed by atoms with Crippen LogP contribution in [0.4, 0.5) is 20.2 Å². The minimum atomic E-state index is -0.315. The number of unbranched alkanes of at least 4 members (excludes halogenated alkanes) is 1. The summed E-state index contributed by atoms with van der Waals surface area (Å²) in [6.07, 6.45) is 8.45. The maximum atomic E-state index is 13.5. The smallest absolute Gasteiger partial charge is 0.342 e. The molecule has 3 N–H and O–H groups in total. The molecular formula is C40H64Cl2F2N4O5. The van der Waals surface area contributed by atoms with Crippen molar-refractivity contribution < 1.29 is 34.2 Å². The highest BCUT2D eigenvalue weighted by Gasteiger charge is 2.26. The van der Waals surface area contributed by atoms with Crippen LogP contribution in [0, 0.1) is 43.2 Å². The third-order valence-corrected chi connectivity index (χ3v) is 8.78. The van der Waals surface area contributed by atoms with E-state index in [-0.39, 0.29) is 61.5 Å². The molecule has 0 radical (unpaired) electrons. The van der Waals surface area contributed by atoms with Gasteiger partial charge in [-0.3, -0.25) is 14.4 Å². The molecule has 9 nitrogen and oxygen atoms in total. The lowest BCUT2D eigenvalue weighted by molar-refractivity contribution is -0.191. The second-order valence-corrected chi connectivity index (χ2v) is 13.7. The summed E-state index contributed by atoms with van der Waals surface area (Å²) >= 11 is 9.53. The number of amides is 3. The van der Waals surface area contributed by atoms with Crippen LogP contribution in [0.15, 0.2) is 36.4 Å². The monoisotopic (exact) mass is 788 g/mol. The van der Waals surface area contributed by atoms with Crippen LogP contribution in [0.3, 0.4) is 0 Å². The van der Waals surface area contributed by atoms with Crippen LogP contribution in [0.5, 0.6) is 0 Å². The molecular weight excluding hydrogens is 725 g/mol. The summed E-state index contributed by atoms with van der Waals surface area (Å²) in [4.78, 5) is 54.3. The summed E-state index contributed by atoms with van der Waals surface area (Å²) in [5.74, 6) is 0.300. The Balaban J connectivity index is -0.000000765. The van der Waals surface area contributed by atoms with E-state index in [0.29, 0.717) is 41.3 Å². The van der Waals surface area contributed by atoms with E-state index in [9.17, 15) is 23.2 Å². The number of piperidine rings is 2. The minimum absolute atomic E-state index is 0. The lowest BCUT2D eigenvalue weighted by Gasteiger charge is -2.33. The van der Waals surface area contributed by atoms with Crippen molar-refractivity contribution in [1.82, 2.24) is 10.2 Å². The quantitative estimate of drug-likeness (QED) is 0.218. The fourth-order valence-corrected chi connectivity index (χ4v) is 5.22. The van der Waals surface area contributed by atoms with Crippen LogP contribution < -0.4 is 16.0 Å². The Kier molecular flexibility index (Phi) is 30.3. The van der Waals surface area contributed by atoms with Gasteiger partial charge in [0, 0.05) is 44.7 Å². The van der Waals surface area contributed by atoms with Gasteiger partial charge in [0.15, 0.2) is 0 Å². The van der Waals surface area contributed by atoms with Crippen molar-refractivity contribution >= 4 is 58.4 Å². The first-order valence-corrected chi connectivity index (χ1v) is 19.1. The Morgan fingerprint density at radius 1 is 0.830 bits per heavy atom. The zero-order valence-electron chi connectivity index (χ0n) is 31.6. The molecule has 2 aromatic rings. The number of nitrogens with one attached hydrogen (secondary N) is 3. The van der Waals surface area contributed by atoms with Gasteiger partial charge < -0.3 is 20.9 Å². The number of anilines is 2. The molecule has 0 unspecified atom stereocenters. The van der Waals surface area contributed by atoms with Gasteiger partial charge in [-0.1, -0.05) is 60.1 Å². The maximum Gasteiger partial charge on any atom is 0.373 e. The molecule has 4 rings (SSSR count). The maximum absolute atomic E-state index is 13.5. The number of hydrogen-bond acceptors (Lipinski definition) is 6. The van der Waals surface area contributed by atoms with E-state index in [2.05, 4.69) is 29.8 Å². The Hall–Kier alpha value is -3.37. The highest BCUT2D eigenvalue weighted by atomic mass is 35.5. The summed E-state index contributed by atoms with van der Waals surface area (Å²) in [5, 5.41) is 8.98. The van der Waals surface area contributed by atoms with Gasteiger partial charge >= 0.3 is 6.15 Å². The average Bonchev–Trinajstić information content (AvgIpc) is 3.12. The Labute approximate surface area is 327 Å². The number of nitrogens with zero attached hydrogens (tertiary/aromatic N) is 1. The van der Waals surface area contributed by atoms with Gasteiger partial charge in [0.1, 0.15) is 11.6 Å². The van der Waals surface area contributed by atoms with Crippen LogP contribution in [0.1, 0.15) is 105 Å². The van der Waals surface area contributed by atoms with Crippen molar-refractivity contribution in [1.29, 1.82) is 0 Å². The average molecular weight is 790 g/mol. The first-order valence-electron chi connectivity index (χ1n) is 18.0. The molecule has 2 aliphatic heterocycles. The minimum Gasteiger partial charge on any atom is -0.342 e. The van der Waals surface area contributed by atoms with Crippen LogP contribution in [0.2, 0.25) is 0 Å². The number of likely N-dealkylation sites (tertiary alicyclic amines) is 1. The molecule has 53 heavy (non-hydrogen) atoms. The normalized spacial score (nSPS) is 14.3. The van der Waals surface area contributed by atoms with Crippen LogP contribution in [0.25, 0.3) is 0 Å². The summed E-state index contributed by atoms with van der Waals surface area (Å²) < 4.78 is 26.8. The summed E-state index contributed by atoms with van der Waals surface area (Å²) in [5.41, 5.74) is 2.18. The van der Waals surface area contributed by atoms with E-state index >= 15 is 0 Å². The SMILES string of the molecule is C.CCCC.CC[C@H](C)C(=O)N1CCC(CC(=O)Nc2ccc(C)c(F)c2)CC1.Cc1ccc(NC(=O)CC2CCNCC2)cc1F.ClCCl.O=C=O.[HH]. The lowest BCUT2D eigenvalue weighted by Crippen LogP contribution is -2.41. The number of halogens is 4. The number of benzene rings is 2. The van der Waals surface area contributed by atoms with Crippen molar-refractivity contribution in [3.63, 3.8) is 0 Å². The van der Waals surface area contributed by atoms with Crippen molar-refractivity contribution in [2.24, 2.45) is 17.8 Å². The van der Waals surface area contributed by atoms with E-state index in [4.69, 9.17) is 32.8 Å². The highest BCUT2D eigenvalue weighted by Crippen LogP contribution is 2.24. The Morgan fingerprint density at radius 3 is 1.55 bits per heavy atom. The number of aryl methyl sites for hydroxylation is 2. The Morgan fingerprint density at radius 2 is 1.21 bits per heavy atom. The van der Waals surface area contributed by atoms with Gasteiger partial charge in [-0.05, 0) is 106 Å². The lowest BCUT2D eigenvalue weighted by atomic mass is 9.92. The third kappa shape index (κ3) is 23.1. The molecule has 0 spiro atoms. The van der Waals surface area contributed by atoms with Crippen LogP contribution >= 0.6 is 23.2 Å². The molecule has 2 fully saturated rings. The molecule has 2 saturated heterocycles. The van der Waals surface area contributed by atoms with Crippen molar-refractivity contribution in [3.8, 4) is 0 Å². The number of rotatable bonds is 9. The molecule has 1 atom stereocenters. The van der Waals surface area contributed by atoms with Gasteiger partial charge in [-0.2, -0.15) is 9.59 Å². The zero-order valence-corrected chi connectivity index (χ0v) is 33.1. The van der Waals surface area contributed by atoms with E-state index in [1.165, 1.54) is 25.0 Å². The van der Waals surface area contributed by atoms with Crippen LogP contribution in [-0.4, -0.2) is 60.3 Å². The molecule has 0 aliphatic carbocycles. The fourth-order valence-electron chi connectivity index (χ4n) is 5.22. The molecule has 2 aliphatic rings. The number of alkyl halides is 2. The van der Waals surface area contributed by atoms with E-state index in [0.717, 1.165) is 58.3 Å². The Bertz CT molecular complexity index is 1370. The summed E-state index contributed by atoms with van der Waals surface area (Å²) in [6.45, 7) is 15.1. The molecule has 0 saturated carbocycles. The third-order valence-electron chi connectivity index (χ3n) is 8.78. The van der Waals surface area contributed by atoms with Crippen molar-refractivity contribution in [2.75, 3.05) is 42.2 Å². The van der Waals surface area contributed by atoms with Gasteiger partial charge in [0.2, 0.25) is 17.7 Å². The van der Waals surface area contributed by atoms with Gasteiger partial charge in [-0.25, -0.2) is 8.78 Å². The van der Waals surface area contributed by atoms with E-state index in [1.54, 1.807) is 38.1 Å². The predicted molar refractivity (Wildman–Crippen MR) is 214 cm³/mol. The van der Waals surface area contributed by atoms with Gasteiger partial charge in [-0.15, -0.1) is 23.2 Å². The van der Waals surface area contributed by atoms with E-state index in [1.807, 2.05) is 18.7 Å². The van der Waals surface area contributed by atoms with E-state index < -0.39 is 0 Å². The standard InChI is InChI=1S/C19H27FN2O2.C14H19FN2O.C4H10.CH2Cl2.CO2.CH4.H2/c1-4-13(2)19(24)22-9-7-15(8-10-22)11-18(23)21-16-6-5-14(3)17(20)12-16;1-10-2-3-12(9-13(10)15)17-14(18)8-11-4-6-16-7-5-11;1-3-4-2;2*2-1-3;;/h5-6,12-13,15H,4,7-11H2,1-3H3,(H,21,23);2-3,9,11,16H,4-8H2,1H3,(H,17,18);3-4H2,1-2H3;1H2;;1H4;1H/t13-;;;;;;/m0....../s1. The largest absolute Gasteiger partial charge is 0.373 e. The zero-order chi connectivity index (χ0) is 39.5. The molecule has 2 aromatic carbocycles. The molecule has 2 heterocycles. The first kappa shape index (κ1) is 51.7. The summed E-state index contributed by atoms with van der Waals surface area (Å²) in [7, 11) is 0. The number of carbonyl (C=O) groups excluding carboxylic acids is 5. The van der Waals surface area contributed by atoms with Crippen molar-refractivity contribution in [3.05, 3.63) is 59.2 Å². The van der Waals surface area contributed by atoms with Crippen molar-refractivity contribution in [2.45, 2.75) is 107 Å². The second-order valence-electron chi connectivity index (χ2n) is 12.9. The van der Waals surface area contributed by atoms with Gasteiger partial charge in [0.25, 0.3) is 0 Å².